The van der Waals surface area contributed by atoms with Crippen LogP contribution in [0.15, 0.2) is 34.8 Å². The Morgan fingerprint density at radius 3 is 2.62 bits per heavy atom. The molecule has 0 bridgehead atoms. The summed E-state index contributed by atoms with van der Waals surface area (Å²) in [5.74, 6) is 0. The number of aryl methyl sites for hydroxylation is 1. The van der Waals surface area contributed by atoms with E-state index in [-0.39, 0.29) is 5.38 Å². The Morgan fingerprint density at radius 2 is 2.00 bits per heavy atom. The van der Waals surface area contributed by atoms with Gasteiger partial charge in [0.1, 0.15) is 0 Å². The molecule has 1 heterocycles. The van der Waals surface area contributed by atoms with Crippen molar-refractivity contribution in [2.24, 2.45) is 0 Å². The molecule has 1 atom stereocenters. The topological polar surface area (TPSA) is 0 Å². The summed E-state index contributed by atoms with van der Waals surface area (Å²) >= 11 is 17.6. The van der Waals surface area contributed by atoms with E-state index in [9.17, 15) is 0 Å². The van der Waals surface area contributed by atoms with Crippen molar-refractivity contribution in [3.05, 3.63) is 55.1 Å². The van der Waals surface area contributed by atoms with Crippen molar-refractivity contribution in [1.82, 2.24) is 0 Å². The number of thiophene rings is 1. The molecule has 0 aliphatic carbocycles. The molecule has 1 unspecified atom stereocenters. The molecular weight excluding hydrogens is 327 g/mol. The van der Waals surface area contributed by atoms with Crippen LogP contribution >= 0.6 is 50.5 Å². The molecule has 0 amide bonds. The minimum atomic E-state index is -0.147. The molecule has 4 heteroatoms. The van der Waals surface area contributed by atoms with Gasteiger partial charge in [0.15, 0.2) is 0 Å². The zero-order valence-corrected chi connectivity index (χ0v) is 12.4. The average molecular weight is 336 g/mol. The number of hydrogen-bond acceptors (Lipinski definition) is 1. The lowest BCUT2D eigenvalue weighted by molar-refractivity contribution is 1.17. The molecule has 16 heavy (non-hydrogen) atoms. The smallest absolute Gasteiger partial charge is 0.0939 e. The van der Waals surface area contributed by atoms with Crippen LogP contribution in [0.5, 0.6) is 0 Å². The van der Waals surface area contributed by atoms with E-state index in [1.807, 2.05) is 18.2 Å². The van der Waals surface area contributed by atoms with E-state index in [1.165, 1.54) is 4.88 Å². The summed E-state index contributed by atoms with van der Waals surface area (Å²) < 4.78 is 0.989. The lowest BCUT2D eigenvalue weighted by atomic mass is 10.1. The van der Waals surface area contributed by atoms with E-state index in [4.69, 9.17) is 23.2 Å². The van der Waals surface area contributed by atoms with Gasteiger partial charge in [0.25, 0.3) is 0 Å². The molecule has 0 saturated heterocycles. The van der Waals surface area contributed by atoms with Crippen molar-refractivity contribution >= 4 is 50.5 Å². The molecule has 0 fully saturated rings. The standard InChI is InChI=1S/C12H9BrCl2S/c1-7-2-5-11(16-7)12(15)9-6-8(14)3-4-10(9)13/h2-6,12H,1H3. The van der Waals surface area contributed by atoms with E-state index in [0.29, 0.717) is 5.02 Å². The summed E-state index contributed by atoms with van der Waals surface area (Å²) in [4.78, 5) is 2.40. The zero-order valence-electron chi connectivity index (χ0n) is 8.51. The highest BCUT2D eigenvalue weighted by molar-refractivity contribution is 9.10. The number of rotatable bonds is 2. The molecule has 0 nitrogen and oxygen atoms in total. The van der Waals surface area contributed by atoms with E-state index >= 15 is 0 Å². The number of benzene rings is 1. The molecule has 1 aromatic heterocycles. The maximum absolute atomic E-state index is 6.44. The normalized spacial score (nSPS) is 12.8. The van der Waals surface area contributed by atoms with Gasteiger partial charge in [-0.15, -0.1) is 22.9 Å². The number of hydrogen-bond donors (Lipinski definition) is 0. The second-order valence-electron chi connectivity index (χ2n) is 3.48. The highest BCUT2D eigenvalue weighted by atomic mass is 79.9. The summed E-state index contributed by atoms with van der Waals surface area (Å²) in [6, 6.07) is 9.81. The fraction of sp³-hybridized carbons (Fsp3) is 0.167. The summed E-state index contributed by atoms with van der Waals surface area (Å²) in [6.07, 6.45) is 0. The van der Waals surface area contributed by atoms with Crippen molar-refractivity contribution in [1.29, 1.82) is 0 Å². The van der Waals surface area contributed by atoms with Crippen molar-refractivity contribution < 1.29 is 0 Å². The zero-order chi connectivity index (χ0) is 11.7. The van der Waals surface area contributed by atoms with Gasteiger partial charge < -0.3 is 0 Å². The SMILES string of the molecule is Cc1ccc(C(Cl)c2cc(Cl)ccc2Br)s1. The number of alkyl halides is 1. The van der Waals surface area contributed by atoms with E-state index < -0.39 is 0 Å². The molecule has 0 radical (unpaired) electrons. The number of halogens is 3. The van der Waals surface area contributed by atoms with Gasteiger partial charge in [-0.2, -0.15) is 0 Å². The van der Waals surface area contributed by atoms with Crippen molar-refractivity contribution in [3.63, 3.8) is 0 Å². The van der Waals surface area contributed by atoms with Crippen LogP contribution in [0.25, 0.3) is 0 Å². The Kier molecular flexibility index (Phi) is 3.96. The Hall–Kier alpha value is -0.0200. The first kappa shape index (κ1) is 12.4. The highest BCUT2D eigenvalue weighted by Gasteiger charge is 2.15. The second-order valence-corrected chi connectivity index (χ2v) is 6.52. The monoisotopic (exact) mass is 334 g/mol. The summed E-state index contributed by atoms with van der Waals surface area (Å²) in [6.45, 7) is 2.07. The lowest BCUT2D eigenvalue weighted by Crippen LogP contribution is -1.91. The van der Waals surface area contributed by atoms with Crippen LogP contribution in [0, 0.1) is 6.92 Å². The Balaban J connectivity index is 2.40. The molecule has 0 N–H and O–H groups in total. The summed E-state index contributed by atoms with van der Waals surface area (Å²) in [5, 5.41) is 0.559. The largest absolute Gasteiger partial charge is 0.144 e. The fourth-order valence-corrected chi connectivity index (χ4v) is 3.50. The predicted molar refractivity (Wildman–Crippen MR) is 75.9 cm³/mol. The van der Waals surface area contributed by atoms with Crippen molar-refractivity contribution in [2.75, 3.05) is 0 Å². The van der Waals surface area contributed by atoms with Crippen LogP contribution < -0.4 is 0 Å². The van der Waals surface area contributed by atoms with Gasteiger partial charge in [0, 0.05) is 19.2 Å². The van der Waals surface area contributed by atoms with Gasteiger partial charge >= 0.3 is 0 Å². The van der Waals surface area contributed by atoms with Crippen LogP contribution in [-0.4, -0.2) is 0 Å². The Labute approximate surface area is 117 Å². The van der Waals surface area contributed by atoms with Crippen LogP contribution in [-0.2, 0) is 0 Å². The minimum Gasteiger partial charge on any atom is -0.144 e. The van der Waals surface area contributed by atoms with Gasteiger partial charge in [-0.05, 0) is 42.8 Å². The molecule has 0 aliphatic rings. The van der Waals surface area contributed by atoms with E-state index in [0.717, 1.165) is 14.9 Å². The second kappa shape index (κ2) is 5.09. The highest BCUT2D eigenvalue weighted by Crippen LogP contribution is 2.38. The van der Waals surface area contributed by atoms with Crippen LogP contribution in [0.3, 0.4) is 0 Å². The Morgan fingerprint density at radius 1 is 1.25 bits per heavy atom. The van der Waals surface area contributed by atoms with Crippen LogP contribution in [0.2, 0.25) is 5.02 Å². The molecule has 2 aromatic rings. The molecule has 1 aromatic carbocycles. The van der Waals surface area contributed by atoms with Gasteiger partial charge in [-0.25, -0.2) is 0 Å². The molecule has 0 saturated carbocycles. The molecular formula is C12H9BrCl2S. The first-order valence-electron chi connectivity index (χ1n) is 4.73. The minimum absolute atomic E-state index is 0.147. The van der Waals surface area contributed by atoms with Crippen LogP contribution in [0.4, 0.5) is 0 Å². The van der Waals surface area contributed by atoms with Crippen molar-refractivity contribution in [2.45, 2.75) is 12.3 Å². The van der Waals surface area contributed by atoms with Gasteiger partial charge in [0.05, 0.1) is 5.38 Å². The summed E-state index contributed by atoms with van der Waals surface area (Å²) in [7, 11) is 0. The molecule has 84 valence electrons. The van der Waals surface area contributed by atoms with E-state index in [2.05, 4.69) is 35.0 Å². The van der Waals surface area contributed by atoms with Gasteiger partial charge in [-0.1, -0.05) is 27.5 Å². The maximum atomic E-state index is 6.44. The predicted octanol–water partition coefficient (Wildman–Crippen LogP) is 5.80. The lowest BCUT2D eigenvalue weighted by Gasteiger charge is -2.10. The maximum Gasteiger partial charge on any atom is 0.0939 e. The molecule has 2 rings (SSSR count). The van der Waals surface area contributed by atoms with Crippen LogP contribution in [0.1, 0.15) is 20.7 Å². The third-order valence-electron chi connectivity index (χ3n) is 2.24. The summed E-state index contributed by atoms with van der Waals surface area (Å²) in [5.41, 5.74) is 1.01. The average Bonchev–Trinajstić information content (AvgIpc) is 2.67. The first-order chi connectivity index (χ1) is 7.58. The van der Waals surface area contributed by atoms with E-state index in [1.54, 1.807) is 11.3 Å². The molecule has 0 spiro atoms. The van der Waals surface area contributed by atoms with Gasteiger partial charge in [0.2, 0.25) is 0 Å². The first-order valence-corrected chi connectivity index (χ1v) is 7.15. The fourth-order valence-electron chi connectivity index (χ4n) is 1.45. The van der Waals surface area contributed by atoms with Gasteiger partial charge in [-0.3, -0.25) is 0 Å². The third kappa shape index (κ3) is 2.62. The van der Waals surface area contributed by atoms with Crippen molar-refractivity contribution in [3.8, 4) is 0 Å². The quantitative estimate of drug-likeness (QED) is 0.608. The third-order valence-corrected chi connectivity index (χ3v) is 4.86. The molecule has 0 aliphatic heterocycles. The Bertz CT molecular complexity index is 507.